The molecule has 1 aliphatic rings. The van der Waals surface area contributed by atoms with Crippen molar-refractivity contribution in [3.05, 3.63) is 90.1 Å². The largest absolute Gasteiger partial charge is 0.365 e. The lowest BCUT2D eigenvalue weighted by molar-refractivity contribution is 0.627. The molecule has 0 radical (unpaired) electrons. The van der Waals surface area contributed by atoms with E-state index < -0.39 is 0 Å². The van der Waals surface area contributed by atoms with Gasteiger partial charge in [-0.1, -0.05) is 24.3 Å². The summed E-state index contributed by atoms with van der Waals surface area (Å²) in [4.78, 5) is 21.8. The molecule has 1 atom stereocenters. The Labute approximate surface area is 195 Å². The maximum atomic E-state index is 13.2. The monoisotopic (exact) mass is 453 g/mol. The van der Waals surface area contributed by atoms with Crippen LogP contribution in [0.5, 0.6) is 0 Å². The molecule has 0 bridgehead atoms. The molecule has 1 unspecified atom stereocenters. The van der Waals surface area contributed by atoms with Crippen molar-refractivity contribution in [3.8, 4) is 11.4 Å². The van der Waals surface area contributed by atoms with Gasteiger partial charge in [-0.15, -0.1) is 5.11 Å². The van der Waals surface area contributed by atoms with Crippen molar-refractivity contribution in [2.75, 3.05) is 10.6 Å². The lowest BCUT2D eigenvalue weighted by atomic mass is 10.1. The van der Waals surface area contributed by atoms with E-state index in [2.05, 4.69) is 45.8 Å². The first-order valence-electron chi connectivity index (χ1n) is 10.6. The number of halogens is 1. The van der Waals surface area contributed by atoms with Crippen LogP contribution in [0, 0.1) is 5.82 Å². The first-order valence-corrected chi connectivity index (χ1v) is 10.6. The zero-order valence-corrected chi connectivity index (χ0v) is 18.0. The summed E-state index contributed by atoms with van der Waals surface area (Å²) in [5.41, 5.74) is 3.57. The van der Waals surface area contributed by atoms with Crippen LogP contribution in [0.4, 0.5) is 21.8 Å². The number of anilines is 3. The Kier molecular flexibility index (Phi) is 6.19. The van der Waals surface area contributed by atoms with E-state index in [0.29, 0.717) is 30.6 Å². The molecule has 4 aromatic rings. The van der Waals surface area contributed by atoms with E-state index in [0.717, 1.165) is 22.4 Å². The molecule has 3 heterocycles. The normalized spacial score (nSPS) is 14.3. The highest BCUT2D eigenvalue weighted by Crippen LogP contribution is 2.24. The lowest BCUT2D eigenvalue weighted by Crippen LogP contribution is -2.06. The molecule has 2 aromatic heterocycles. The smallest absolute Gasteiger partial charge is 0.230 e. The Bertz CT molecular complexity index is 1330. The van der Waals surface area contributed by atoms with Crippen LogP contribution in [0.1, 0.15) is 11.1 Å². The van der Waals surface area contributed by atoms with Crippen LogP contribution >= 0.6 is 0 Å². The fourth-order valence-electron chi connectivity index (χ4n) is 3.45. The number of rotatable bonds is 8. The van der Waals surface area contributed by atoms with Gasteiger partial charge >= 0.3 is 0 Å². The molecule has 0 amide bonds. The molecular formula is C24H20FN9. The molecule has 5 rings (SSSR count). The zero-order valence-electron chi connectivity index (χ0n) is 18.0. The van der Waals surface area contributed by atoms with Crippen molar-refractivity contribution in [2.24, 2.45) is 15.2 Å². The highest BCUT2D eigenvalue weighted by molar-refractivity contribution is 5.70. The number of aromatic nitrogens is 4. The Hall–Kier alpha value is -4.60. The molecule has 9 nitrogen and oxygen atoms in total. The minimum Gasteiger partial charge on any atom is -0.365 e. The number of hydrogen-bond acceptors (Lipinski definition) is 9. The number of hydrogen-bond donors (Lipinski definition) is 2. The summed E-state index contributed by atoms with van der Waals surface area (Å²) in [6, 6.07) is 17.9. The predicted molar refractivity (Wildman–Crippen MR) is 127 cm³/mol. The van der Waals surface area contributed by atoms with Crippen molar-refractivity contribution in [3.63, 3.8) is 0 Å². The summed E-state index contributed by atoms with van der Waals surface area (Å²) in [5.74, 6) is 1.24. The number of pyridine rings is 1. The van der Waals surface area contributed by atoms with Gasteiger partial charge in [0.25, 0.3) is 0 Å². The molecule has 0 aliphatic carbocycles. The second kappa shape index (κ2) is 9.90. The average Bonchev–Trinajstić information content (AvgIpc) is 3.37. The molecule has 34 heavy (non-hydrogen) atoms. The predicted octanol–water partition coefficient (Wildman–Crippen LogP) is 4.79. The SMILES string of the molecule is Fc1ccc(CNc2ncccc2-c2ncnc(Nc3cccc(CC4N=CN=N4)c3)n2)cc1. The van der Waals surface area contributed by atoms with Crippen molar-refractivity contribution in [1.29, 1.82) is 0 Å². The molecule has 0 spiro atoms. The van der Waals surface area contributed by atoms with Gasteiger partial charge in [0.1, 0.15) is 24.3 Å². The van der Waals surface area contributed by atoms with Gasteiger partial charge in [0.15, 0.2) is 12.0 Å². The van der Waals surface area contributed by atoms with Crippen LogP contribution in [0.2, 0.25) is 0 Å². The van der Waals surface area contributed by atoms with E-state index in [-0.39, 0.29) is 12.0 Å². The summed E-state index contributed by atoms with van der Waals surface area (Å²) in [7, 11) is 0. The highest BCUT2D eigenvalue weighted by atomic mass is 19.1. The first-order chi connectivity index (χ1) is 16.7. The van der Waals surface area contributed by atoms with Gasteiger partial charge in [0.2, 0.25) is 5.95 Å². The fourth-order valence-corrected chi connectivity index (χ4v) is 3.45. The number of azo groups is 1. The second-order valence-corrected chi connectivity index (χ2v) is 7.52. The molecular weight excluding hydrogens is 433 g/mol. The second-order valence-electron chi connectivity index (χ2n) is 7.52. The number of nitrogens with one attached hydrogen (secondary N) is 2. The maximum Gasteiger partial charge on any atom is 0.230 e. The van der Waals surface area contributed by atoms with Gasteiger partial charge in [-0.3, -0.25) is 0 Å². The fraction of sp³-hybridized carbons (Fsp3) is 0.125. The van der Waals surface area contributed by atoms with Crippen LogP contribution in [-0.4, -0.2) is 32.4 Å². The van der Waals surface area contributed by atoms with Crippen molar-refractivity contribution in [1.82, 2.24) is 19.9 Å². The molecule has 1 aliphatic heterocycles. The van der Waals surface area contributed by atoms with Crippen molar-refractivity contribution in [2.45, 2.75) is 19.1 Å². The van der Waals surface area contributed by atoms with Gasteiger partial charge in [0.05, 0.1) is 5.56 Å². The third-order valence-electron chi connectivity index (χ3n) is 5.09. The summed E-state index contributed by atoms with van der Waals surface area (Å²) < 4.78 is 13.2. The third-order valence-corrected chi connectivity index (χ3v) is 5.09. The number of aliphatic imine (C=N–C) groups is 1. The molecule has 0 fully saturated rings. The standard InChI is InChI=1S/C24H20FN9/c25-18-8-6-16(7-9-18)13-27-22-20(5-2-10-26-22)23-29-14-30-24(33-23)32-19-4-1-3-17(11-19)12-21-28-15-31-34-21/h1-11,14-15,21H,12-13H2,(H,26,27)(H,29,30,32,33). The van der Waals surface area contributed by atoms with Crippen LogP contribution in [-0.2, 0) is 13.0 Å². The molecule has 2 aromatic carbocycles. The Morgan fingerprint density at radius 1 is 0.912 bits per heavy atom. The van der Waals surface area contributed by atoms with Crippen LogP contribution in [0.25, 0.3) is 11.4 Å². The summed E-state index contributed by atoms with van der Waals surface area (Å²) in [6.07, 6.45) is 5.11. The lowest BCUT2D eigenvalue weighted by Gasteiger charge is -2.11. The van der Waals surface area contributed by atoms with E-state index >= 15 is 0 Å². The minimum atomic E-state index is -0.268. The molecule has 0 saturated carbocycles. The van der Waals surface area contributed by atoms with Gasteiger partial charge in [-0.05, 0) is 47.5 Å². The minimum absolute atomic E-state index is 0.176. The van der Waals surface area contributed by atoms with Crippen LogP contribution < -0.4 is 10.6 Å². The highest BCUT2D eigenvalue weighted by Gasteiger charge is 2.12. The Morgan fingerprint density at radius 3 is 2.68 bits per heavy atom. The van der Waals surface area contributed by atoms with E-state index in [9.17, 15) is 4.39 Å². The van der Waals surface area contributed by atoms with Gasteiger partial charge in [-0.25, -0.2) is 24.3 Å². The van der Waals surface area contributed by atoms with E-state index in [1.165, 1.54) is 24.8 Å². The zero-order chi connectivity index (χ0) is 23.2. The average molecular weight is 453 g/mol. The Balaban J connectivity index is 1.32. The number of benzene rings is 2. The molecule has 0 saturated heterocycles. The van der Waals surface area contributed by atoms with Crippen LogP contribution in [0.15, 0.2) is 88.4 Å². The van der Waals surface area contributed by atoms with Gasteiger partial charge in [-0.2, -0.15) is 10.1 Å². The summed E-state index contributed by atoms with van der Waals surface area (Å²) in [5, 5.41) is 14.4. The molecule has 168 valence electrons. The Morgan fingerprint density at radius 2 is 1.82 bits per heavy atom. The quantitative estimate of drug-likeness (QED) is 0.397. The number of nitrogens with zero attached hydrogens (tertiary/aromatic N) is 7. The van der Waals surface area contributed by atoms with Crippen molar-refractivity contribution < 1.29 is 4.39 Å². The van der Waals surface area contributed by atoms with E-state index in [1.807, 2.05) is 36.4 Å². The maximum absolute atomic E-state index is 13.2. The van der Waals surface area contributed by atoms with E-state index in [1.54, 1.807) is 18.3 Å². The summed E-state index contributed by atoms with van der Waals surface area (Å²) >= 11 is 0. The molecule has 2 N–H and O–H groups in total. The van der Waals surface area contributed by atoms with Gasteiger partial charge < -0.3 is 10.6 Å². The van der Waals surface area contributed by atoms with E-state index in [4.69, 9.17) is 0 Å². The summed E-state index contributed by atoms with van der Waals surface area (Å²) in [6.45, 7) is 0.484. The third kappa shape index (κ3) is 5.23. The molecule has 10 heteroatoms. The van der Waals surface area contributed by atoms with Gasteiger partial charge in [0, 0.05) is 24.8 Å². The van der Waals surface area contributed by atoms with Crippen LogP contribution in [0.3, 0.4) is 0 Å². The topological polar surface area (TPSA) is 113 Å². The first kappa shape index (κ1) is 21.3. The van der Waals surface area contributed by atoms with Crippen molar-refractivity contribution >= 4 is 23.8 Å².